The summed E-state index contributed by atoms with van der Waals surface area (Å²) in [6.45, 7) is 2.91. The molecule has 18 heavy (non-hydrogen) atoms. The predicted octanol–water partition coefficient (Wildman–Crippen LogP) is 1.67. The van der Waals surface area contributed by atoms with E-state index in [-0.39, 0.29) is 0 Å². The first-order valence-corrected chi connectivity index (χ1v) is 6.14. The van der Waals surface area contributed by atoms with Gasteiger partial charge >= 0.3 is 5.97 Å². The molecule has 1 fully saturated rings. The Balaban J connectivity index is 2.28. The van der Waals surface area contributed by atoms with E-state index in [2.05, 4.69) is 10.00 Å². The van der Waals surface area contributed by atoms with E-state index < -0.39 is 5.97 Å². The van der Waals surface area contributed by atoms with Crippen LogP contribution in [0.3, 0.4) is 0 Å². The molecule has 2 rings (SSSR count). The van der Waals surface area contributed by atoms with Crippen molar-refractivity contribution in [3.63, 3.8) is 0 Å². The van der Waals surface area contributed by atoms with Crippen LogP contribution in [0.5, 0.6) is 0 Å². The Morgan fingerprint density at radius 2 is 2.28 bits per heavy atom. The number of hydrogen-bond donors (Lipinski definition) is 1. The topological polar surface area (TPSA) is 58.4 Å². The fraction of sp³-hybridized carbons (Fsp3) is 0.538. The highest BCUT2D eigenvalue weighted by atomic mass is 16.4. The van der Waals surface area contributed by atoms with Crippen LogP contribution in [0.2, 0.25) is 0 Å². The highest BCUT2D eigenvalue weighted by Gasteiger charge is 2.25. The standard InChI is InChI=1S/C13H19N3O2/c1-9-11(6-7-12(17)18)13(16(3)14-9)15(2)8-10-4-5-10/h6-7,10H,4-5,8H2,1-3H3,(H,17,18)/b7-6+. The summed E-state index contributed by atoms with van der Waals surface area (Å²) in [6, 6.07) is 0. The Morgan fingerprint density at radius 1 is 1.61 bits per heavy atom. The number of hydrogen-bond acceptors (Lipinski definition) is 3. The first-order valence-electron chi connectivity index (χ1n) is 6.14. The molecule has 0 aliphatic heterocycles. The van der Waals surface area contributed by atoms with Crippen molar-refractivity contribution in [3.05, 3.63) is 17.3 Å². The van der Waals surface area contributed by atoms with Gasteiger partial charge in [-0.1, -0.05) is 0 Å². The Labute approximate surface area is 107 Å². The van der Waals surface area contributed by atoms with Gasteiger partial charge in [-0.15, -0.1) is 0 Å². The van der Waals surface area contributed by atoms with Gasteiger partial charge in [0.1, 0.15) is 5.82 Å². The predicted molar refractivity (Wildman–Crippen MR) is 70.6 cm³/mol. The van der Waals surface area contributed by atoms with E-state index in [1.54, 1.807) is 6.08 Å². The number of aromatic nitrogens is 2. The second-order valence-electron chi connectivity index (χ2n) is 4.94. The lowest BCUT2D eigenvalue weighted by molar-refractivity contribution is -0.131. The maximum absolute atomic E-state index is 10.6. The van der Waals surface area contributed by atoms with Gasteiger partial charge in [-0.05, 0) is 31.8 Å². The average molecular weight is 249 g/mol. The Kier molecular flexibility index (Phi) is 3.41. The highest BCUT2D eigenvalue weighted by molar-refractivity contribution is 5.87. The maximum atomic E-state index is 10.6. The highest BCUT2D eigenvalue weighted by Crippen LogP contribution is 2.32. The molecule has 0 atom stereocenters. The molecule has 0 radical (unpaired) electrons. The molecule has 98 valence electrons. The fourth-order valence-corrected chi connectivity index (χ4v) is 2.24. The molecule has 1 saturated carbocycles. The first kappa shape index (κ1) is 12.7. The molecular weight excluding hydrogens is 230 g/mol. The normalized spacial score (nSPS) is 15.3. The lowest BCUT2D eigenvalue weighted by Crippen LogP contribution is -2.23. The van der Waals surface area contributed by atoms with Crippen molar-refractivity contribution in [2.24, 2.45) is 13.0 Å². The van der Waals surface area contributed by atoms with Crippen LogP contribution in [0.1, 0.15) is 24.1 Å². The van der Waals surface area contributed by atoms with E-state index in [1.165, 1.54) is 18.9 Å². The Hall–Kier alpha value is -1.78. The zero-order valence-electron chi connectivity index (χ0n) is 11.1. The van der Waals surface area contributed by atoms with Gasteiger partial charge in [-0.2, -0.15) is 5.10 Å². The van der Waals surface area contributed by atoms with Gasteiger partial charge in [0.25, 0.3) is 0 Å². The number of aryl methyl sites for hydroxylation is 2. The third kappa shape index (κ3) is 2.72. The van der Waals surface area contributed by atoms with Gasteiger partial charge in [-0.3, -0.25) is 4.68 Å². The molecule has 1 N–H and O–H groups in total. The monoisotopic (exact) mass is 249 g/mol. The minimum Gasteiger partial charge on any atom is -0.478 e. The second-order valence-corrected chi connectivity index (χ2v) is 4.94. The maximum Gasteiger partial charge on any atom is 0.328 e. The number of aliphatic carboxylic acids is 1. The van der Waals surface area contributed by atoms with Gasteiger partial charge in [0.2, 0.25) is 0 Å². The number of carbonyl (C=O) groups is 1. The van der Waals surface area contributed by atoms with Crippen molar-refractivity contribution < 1.29 is 9.90 Å². The molecule has 1 aliphatic carbocycles. The number of anilines is 1. The third-order valence-electron chi connectivity index (χ3n) is 3.22. The van der Waals surface area contributed by atoms with E-state index in [0.717, 1.165) is 29.5 Å². The summed E-state index contributed by atoms with van der Waals surface area (Å²) in [5.74, 6) is 0.826. The van der Waals surface area contributed by atoms with E-state index in [9.17, 15) is 4.79 Å². The van der Waals surface area contributed by atoms with Gasteiger partial charge < -0.3 is 10.0 Å². The molecule has 1 aromatic rings. The molecule has 1 aliphatic rings. The quantitative estimate of drug-likeness (QED) is 0.806. The van der Waals surface area contributed by atoms with Crippen molar-refractivity contribution in [1.82, 2.24) is 9.78 Å². The van der Waals surface area contributed by atoms with Crippen LogP contribution in [-0.4, -0.2) is 34.4 Å². The summed E-state index contributed by atoms with van der Waals surface area (Å²) in [5.41, 5.74) is 1.75. The summed E-state index contributed by atoms with van der Waals surface area (Å²) in [5, 5.41) is 13.1. The Bertz CT molecular complexity index is 487. The minimum absolute atomic E-state index is 0.779. The summed E-state index contributed by atoms with van der Waals surface area (Å²) in [4.78, 5) is 12.8. The molecule has 1 aromatic heterocycles. The lowest BCUT2D eigenvalue weighted by atomic mass is 10.2. The van der Waals surface area contributed by atoms with E-state index in [0.29, 0.717) is 0 Å². The van der Waals surface area contributed by atoms with Crippen LogP contribution in [0.25, 0.3) is 6.08 Å². The molecular formula is C13H19N3O2. The Morgan fingerprint density at radius 3 is 2.83 bits per heavy atom. The van der Waals surface area contributed by atoms with Gasteiger partial charge in [0.15, 0.2) is 0 Å². The summed E-state index contributed by atoms with van der Waals surface area (Å²) >= 11 is 0. The molecule has 5 nitrogen and oxygen atoms in total. The van der Waals surface area contributed by atoms with Crippen molar-refractivity contribution >= 4 is 17.9 Å². The van der Waals surface area contributed by atoms with Crippen LogP contribution in [0, 0.1) is 12.8 Å². The van der Waals surface area contributed by atoms with Crippen molar-refractivity contribution in [3.8, 4) is 0 Å². The van der Waals surface area contributed by atoms with Crippen molar-refractivity contribution in [1.29, 1.82) is 0 Å². The molecule has 0 aromatic carbocycles. The number of nitrogens with zero attached hydrogens (tertiary/aromatic N) is 3. The summed E-state index contributed by atoms with van der Waals surface area (Å²) in [6.07, 6.45) is 5.38. The average Bonchev–Trinajstić information content (AvgIpc) is 3.01. The van der Waals surface area contributed by atoms with E-state index >= 15 is 0 Å². The zero-order valence-corrected chi connectivity index (χ0v) is 11.1. The van der Waals surface area contributed by atoms with Crippen LogP contribution in [0.4, 0.5) is 5.82 Å². The second kappa shape index (κ2) is 4.84. The SMILES string of the molecule is Cc1nn(C)c(N(C)CC2CC2)c1/C=C/C(=O)O. The third-order valence-corrected chi connectivity index (χ3v) is 3.22. The molecule has 1 heterocycles. The largest absolute Gasteiger partial charge is 0.478 e. The number of carboxylic acids is 1. The van der Waals surface area contributed by atoms with E-state index in [4.69, 9.17) is 5.11 Å². The van der Waals surface area contributed by atoms with Gasteiger partial charge in [0, 0.05) is 32.3 Å². The van der Waals surface area contributed by atoms with Crippen molar-refractivity contribution in [2.45, 2.75) is 19.8 Å². The van der Waals surface area contributed by atoms with Crippen LogP contribution in [-0.2, 0) is 11.8 Å². The molecule has 0 spiro atoms. The summed E-state index contributed by atoms with van der Waals surface area (Å²) < 4.78 is 1.82. The van der Waals surface area contributed by atoms with Gasteiger partial charge in [0.05, 0.1) is 5.69 Å². The van der Waals surface area contributed by atoms with E-state index in [1.807, 2.05) is 25.7 Å². The smallest absolute Gasteiger partial charge is 0.328 e. The molecule has 5 heteroatoms. The molecule has 0 amide bonds. The van der Waals surface area contributed by atoms with Crippen LogP contribution in [0.15, 0.2) is 6.08 Å². The first-order chi connectivity index (χ1) is 8.49. The minimum atomic E-state index is -0.936. The van der Waals surface area contributed by atoms with Crippen LogP contribution >= 0.6 is 0 Å². The number of rotatable bonds is 5. The molecule has 0 saturated heterocycles. The lowest BCUT2D eigenvalue weighted by Gasteiger charge is -2.20. The van der Waals surface area contributed by atoms with Crippen molar-refractivity contribution in [2.75, 3.05) is 18.5 Å². The van der Waals surface area contributed by atoms with Crippen LogP contribution < -0.4 is 4.90 Å². The zero-order chi connectivity index (χ0) is 13.3. The molecule has 0 bridgehead atoms. The molecule has 0 unspecified atom stereocenters. The number of carboxylic acid groups (broad SMARTS) is 1. The fourth-order valence-electron chi connectivity index (χ4n) is 2.24. The summed E-state index contributed by atoms with van der Waals surface area (Å²) in [7, 11) is 3.93. The van der Waals surface area contributed by atoms with Gasteiger partial charge in [-0.25, -0.2) is 4.79 Å².